The SMILES string of the molecule is CC(OC(=O)c1ccc(C(C)C)cc1)C(=O)Nc1ccc([N+](=O)[O-])cc1Cl. The van der Waals surface area contributed by atoms with Gasteiger partial charge < -0.3 is 10.1 Å². The minimum absolute atomic E-state index is 0.0142. The molecule has 1 amide bonds. The zero-order valence-electron chi connectivity index (χ0n) is 15.1. The van der Waals surface area contributed by atoms with Crippen molar-refractivity contribution < 1.29 is 19.2 Å². The maximum absolute atomic E-state index is 12.2. The fourth-order valence-electron chi connectivity index (χ4n) is 2.24. The Morgan fingerprint density at radius 1 is 1.11 bits per heavy atom. The molecule has 0 aliphatic carbocycles. The van der Waals surface area contributed by atoms with E-state index in [0.29, 0.717) is 11.5 Å². The first-order chi connectivity index (χ1) is 12.7. The molecule has 8 heteroatoms. The largest absolute Gasteiger partial charge is 0.449 e. The number of ether oxygens (including phenoxy) is 1. The number of rotatable bonds is 6. The Balaban J connectivity index is 2.00. The van der Waals surface area contributed by atoms with Crippen molar-refractivity contribution in [3.63, 3.8) is 0 Å². The highest BCUT2D eigenvalue weighted by Gasteiger charge is 2.20. The van der Waals surface area contributed by atoms with Crippen molar-refractivity contribution in [1.82, 2.24) is 0 Å². The first kappa shape index (κ1) is 20.4. The van der Waals surface area contributed by atoms with Crippen LogP contribution in [0.4, 0.5) is 11.4 Å². The van der Waals surface area contributed by atoms with Crippen molar-refractivity contribution in [2.24, 2.45) is 0 Å². The summed E-state index contributed by atoms with van der Waals surface area (Å²) in [6.07, 6.45) is -1.08. The first-order valence-corrected chi connectivity index (χ1v) is 8.62. The molecule has 2 aromatic carbocycles. The van der Waals surface area contributed by atoms with Gasteiger partial charge in [0.2, 0.25) is 0 Å². The molecule has 0 aromatic heterocycles. The molecular formula is C19H19ClN2O5. The number of benzene rings is 2. The Hall–Kier alpha value is -2.93. The van der Waals surface area contributed by atoms with E-state index in [-0.39, 0.29) is 16.4 Å². The van der Waals surface area contributed by atoms with Crippen molar-refractivity contribution in [3.05, 3.63) is 68.7 Å². The number of esters is 1. The lowest BCUT2D eigenvalue weighted by molar-refractivity contribution is -0.384. The fraction of sp³-hybridized carbons (Fsp3) is 0.263. The van der Waals surface area contributed by atoms with Crippen LogP contribution in [0.25, 0.3) is 0 Å². The molecule has 0 saturated heterocycles. The number of hydrogen-bond donors (Lipinski definition) is 1. The molecule has 2 aromatic rings. The predicted octanol–water partition coefficient (Wildman–Crippen LogP) is 4.56. The number of nitrogens with one attached hydrogen (secondary N) is 1. The van der Waals surface area contributed by atoms with Crippen LogP contribution >= 0.6 is 11.6 Å². The molecule has 0 aliphatic heterocycles. The molecule has 2 rings (SSSR count). The van der Waals surface area contributed by atoms with Crippen LogP contribution in [-0.2, 0) is 9.53 Å². The summed E-state index contributed by atoms with van der Waals surface area (Å²) in [4.78, 5) is 34.5. The van der Waals surface area contributed by atoms with E-state index in [1.165, 1.54) is 19.1 Å². The van der Waals surface area contributed by atoms with E-state index < -0.39 is 22.9 Å². The Bertz CT molecular complexity index is 865. The predicted molar refractivity (Wildman–Crippen MR) is 102 cm³/mol. The highest BCUT2D eigenvalue weighted by atomic mass is 35.5. The van der Waals surface area contributed by atoms with Crippen molar-refractivity contribution in [1.29, 1.82) is 0 Å². The lowest BCUT2D eigenvalue weighted by Crippen LogP contribution is -2.30. The third-order valence-corrected chi connectivity index (χ3v) is 4.20. The summed E-state index contributed by atoms with van der Waals surface area (Å²) in [5.74, 6) is -0.883. The summed E-state index contributed by atoms with van der Waals surface area (Å²) in [7, 11) is 0. The summed E-state index contributed by atoms with van der Waals surface area (Å²) in [5.41, 5.74) is 1.43. The van der Waals surface area contributed by atoms with E-state index in [1.54, 1.807) is 12.1 Å². The Kier molecular flexibility index (Phi) is 6.52. The first-order valence-electron chi connectivity index (χ1n) is 8.24. The van der Waals surface area contributed by atoms with Crippen molar-refractivity contribution in [2.45, 2.75) is 32.8 Å². The number of halogens is 1. The lowest BCUT2D eigenvalue weighted by Gasteiger charge is -2.14. The number of nitrogens with zero attached hydrogens (tertiary/aromatic N) is 1. The number of hydrogen-bond acceptors (Lipinski definition) is 5. The topological polar surface area (TPSA) is 98.5 Å². The lowest BCUT2D eigenvalue weighted by atomic mass is 10.0. The number of amides is 1. The van der Waals surface area contributed by atoms with E-state index in [0.717, 1.165) is 11.6 Å². The standard InChI is InChI=1S/C19H19ClN2O5/c1-11(2)13-4-6-14(7-5-13)19(24)27-12(3)18(23)21-17-9-8-15(22(25)26)10-16(17)20/h4-12H,1-3H3,(H,21,23). The highest BCUT2D eigenvalue weighted by Crippen LogP contribution is 2.26. The van der Waals surface area contributed by atoms with Gasteiger partial charge in [-0.1, -0.05) is 37.6 Å². The smallest absolute Gasteiger partial charge is 0.338 e. The second kappa shape index (κ2) is 8.64. The van der Waals surface area contributed by atoms with Crippen molar-refractivity contribution in [2.75, 3.05) is 5.32 Å². The molecule has 0 fully saturated rings. The summed E-state index contributed by atoms with van der Waals surface area (Å²) in [6.45, 7) is 5.52. The third kappa shape index (κ3) is 5.27. The van der Waals surface area contributed by atoms with Gasteiger partial charge in [0.1, 0.15) is 0 Å². The van der Waals surface area contributed by atoms with E-state index in [9.17, 15) is 19.7 Å². The molecule has 0 aliphatic rings. The van der Waals surface area contributed by atoms with Gasteiger partial charge in [-0.25, -0.2) is 4.79 Å². The zero-order valence-corrected chi connectivity index (χ0v) is 15.8. The molecule has 1 unspecified atom stereocenters. The van der Waals surface area contributed by atoms with E-state index in [4.69, 9.17) is 16.3 Å². The average Bonchev–Trinajstić information content (AvgIpc) is 2.63. The average molecular weight is 391 g/mol. The number of nitro benzene ring substituents is 1. The molecule has 0 bridgehead atoms. The molecule has 142 valence electrons. The summed E-state index contributed by atoms with van der Waals surface area (Å²) in [6, 6.07) is 10.6. The molecule has 0 heterocycles. The number of nitro groups is 1. The Labute approximate surface area is 161 Å². The van der Waals surface area contributed by atoms with E-state index in [1.807, 2.05) is 26.0 Å². The second-order valence-electron chi connectivity index (χ2n) is 6.23. The number of non-ortho nitro benzene ring substituents is 1. The van der Waals surface area contributed by atoms with Crippen LogP contribution in [0.5, 0.6) is 0 Å². The molecule has 1 atom stereocenters. The second-order valence-corrected chi connectivity index (χ2v) is 6.64. The van der Waals surface area contributed by atoms with Crippen LogP contribution in [-0.4, -0.2) is 22.9 Å². The van der Waals surface area contributed by atoms with Crippen LogP contribution in [0.2, 0.25) is 5.02 Å². The van der Waals surface area contributed by atoms with Gasteiger partial charge in [0, 0.05) is 12.1 Å². The zero-order chi connectivity index (χ0) is 20.1. The van der Waals surface area contributed by atoms with Crippen LogP contribution in [0.3, 0.4) is 0 Å². The highest BCUT2D eigenvalue weighted by molar-refractivity contribution is 6.34. The normalized spacial score (nSPS) is 11.7. The van der Waals surface area contributed by atoms with E-state index in [2.05, 4.69) is 5.32 Å². The molecular weight excluding hydrogens is 372 g/mol. The number of carbonyl (C=O) groups is 2. The van der Waals surface area contributed by atoms with Crippen LogP contribution in [0.1, 0.15) is 42.6 Å². The minimum Gasteiger partial charge on any atom is -0.449 e. The van der Waals surface area contributed by atoms with Gasteiger partial charge in [0.05, 0.1) is 21.2 Å². The quantitative estimate of drug-likeness (QED) is 0.443. The van der Waals surface area contributed by atoms with Gasteiger partial charge >= 0.3 is 5.97 Å². The molecule has 27 heavy (non-hydrogen) atoms. The number of carbonyl (C=O) groups excluding carboxylic acids is 2. The maximum atomic E-state index is 12.2. The molecule has 0 saturated carbocycles. The van der Waals surface area contributed by atoms with Gasteiger partial charge in [0.15, 0.2) is 6.10 Å². The minimum atomic E-state index is -1.08. The van der Waals surface area contributed by atoms with Gasteiger partial charge in [0.25, 0.3) is 11.6 Å². The van der Waals surface area contributed by atoms with Gasteiger partial charge in [-0.2, -0.15) is 0 Å². The Morgan fingerprint density at radius 2 is 1.74 bits per heavy atom. The molecule has 7 nitrogen and oxygen atoms in total. The van der Waals surface area contributed by atoms with Gasteiger partial charge in [-0.15, -0.1) is 0 Å². The van der Waals surface area contributed by atoms with Crippen molar-refractivity contribution in [3.8, 4) is 0 Å². The van der Waals surface area contributed by atoms with Crippen LogP contribution in [0, 0.1) is 10.1 Å². The Morgan fingerprint density at radius 3 is 2.26 bits per heavy atom. The van der Waals surface area contributed by atoms with Gasteiger partial charge in [-0.3, -0.25) is 14.9 Å². The van der Waals surface area contributed by atoms with Gasteiger partial charge in [-0.05, 0) is 36.6 Å². The van der Waals surface area contributed by atoms with E-state index >= 15 is 0 Å². The molecule has 0 spiro atoms. The van der Waals surface area contributed by atoms with Crippen LogP contribution < -0.4 is 5.32 Å². The molecule has 1 N–H and O–H groups in total. The third-order valence-electron chi connectivity index (χ3n) is 3.89. The summed E-state index contributed by atoms with van der Waals surface area (Å²) < 4.78 is 5.17. The molecule has 0 radical (unpaired) electrons. The summed E-state index contributed by atoms with van der Waals surface area (Å²) in [5, 5.41) is 13.2. The van der Waals surface area contributed by atoms with Crippen LogP contribution in [0.15, 0.2) is 42.5 Å². The monoisotopic (exact) mass is 390 g/mol. The number of anilines is 1. The van der Waals surface area contributed by atoms with Crippen molar-refractivity contribution >= 4 is 34.9 Å². The maximum Gasteiger partial charge on any atom is 0.338 e. The summed E-state index contributed by atoms with van der Waals surface area (Å²) >= 11 is 5.94. The fourth-order valence-corrected chi connectivity index (χ4v) is 2.46.